The maximum absolute atomic E-state index is 13.5. The van der Waals surface area contributed by atoms with Crippen LogP contribution in [0.2, 0.25) is 0 Å². The number of rotatable bonds is 4. The Morgan fingerprint density at radius 3 is 2.45 bits per heavy atom. The molecule has 5 rings (SSSR count). The minimum Gasteiger partial charge on any atom is -0.312 e. The molecule has 0 spiro atoms. The Balaban J connectivity index is 1.62. The zero-order valence-corrected chi connectivity index (χ0v) is 19.2. The van der Waals surface area contributed by atoms with E-state index in [-0.39, 0.29) is 17.8 Å². The average Bonchev–Trinajstić information content (AvgIpc) is 3.20. The summed E-state index contributed by atoms with van der Waals surface area (Å²) in [6.45, 7) is 5.87. The van der Waals surface area contributed by atoms with Gasteiger partial charge in [0.1, 0.15) is 0 Å². The third-order valence-electron chi connectivity index (χ3n) is 6.13. The first-order chi connectivity index (χ1) is 15.9. The Labute approximate surface area is 191 Å². The van der Waals surface area contributed by atoms with Crippen molar-refractivity contribution in [3.05, 3.63) is 92.1 Å². The van der Waals surface area contributed by atoms with Gasteiger partial charge in [0.05, 0.1) is 0 Å². The van der Waals surface area contributed by atoms with Crippen LogP contribution in [0.4, 0.5) is 11.6 Å². The Morgan fingerprint density at radius 1 is 1.00 bits per heavy atom. The summed E-state index contributed by atoms with van der Waals surface area (Å²) in [5.41, 5.74) is 4.69. The zero-order valence-electron chi connectivity index (χ0n) is 19.2. The predicted molar refractivity (Wildman–Crippen MR) is 132 cm³/mol. The quantitative estimate of drug-likeness (QED) is 0.484. The number of benzene rings is 2. The lowest BCUT2D eigenvalue weighted by Crippen LogP contribution is -2.39. The van der Waals surface area contributed by atoms with Crippen LogP contribution in [-0.4, -0.2) is 25.2 Å². The van der Waals surface area contributed by atoms with Crippen molar-refractivity contribution >= 4 is 28.9 Å². The van der Waals surface area contributed by atoms with Gasteiger partial charge in [0.25, 0.3) is 5.56 Å². The third kappa shape index (κ3) is 3.69. The standard InChI is InChI=1S/C26H27N5O2/c1-18-15-19(2)17-21(16-18)29-13-8-14-30-22-23(27-25(29)30)28(3)26(33)31(24(22)32)12-7-11-20-9-5-4-6-10-20/h4-7,9-11,15-17H,8,12-14H2,1-3H3/b11-7+. The first-order valence-electron chi connectivity index (χ1n) is 11.2. The van der Waals surface area contributed by atoms with Crippen molar-refractivity contribution in [3.63, 3.8) is 0 Å². The molecule has 0 N–H and O–H groups in total. The number of hydrogen-bond donors (Lipinski definition) is 0. The molecule has 7 heteroatoms. The summed E-state index contributed by atoms with van der Waals surface area (Å²) in [6, 6.07) is 16.2. The topological polar surface area (TPSA) is 65.1 Å². The minimum absolute atomic E-state index is 0.206. The fourth-order valence-electron chi connectivity index (χ4n) is 4.64. The van der Waals surface area contributed by atoms with E-state index in [2.05, 4.69) is 36.9 Å². The number of hydrogen-bond acceptors (Lipinski definition) is 4. The molecule has 0 unspecified atom stereocenters. The Bertz CT molecular complexity index is 1470. The van der Waals surface area contributed by atoms with Crippen LogP contribution in [0.5, 0.6) is 0 Å². The normalized spacial score (nSPS) is 13.7. The van der Waals surface area contributed by atoms with E-state index in [1.807, 2.05) is 47.1 Å². The van der Waals surface area contributed by atoms with E-state index in [4.69, 9.17) is 4.98 Å². The monoisotopic (exact) mass is 441 g/mol. The molecule has 0 saturated carbocycles. The van der Waals surface area contributed by atoms with Crippen LogP contribution >= 0.6 is 0 Å². The predicted octanol–water partition coefficient (Wildman–Crippen LogP) is 3.77. The SMILES string of the molecule is Cc1cc(C)cc(N2CCCn3c2nc2c3c(=O)n(C/C=C/c3ccccc3)c(=O)n2C)c1. The largest absolute Gasteiger partial charge is 0.332 e. The van der Waals surface area contributed by atoms with Gasteiger partial charge in [-0.25, -0.2) is 4.79 Å². The summed E-state index contributed by atoms with van der Waals surface area (Å²) >= 11 is 0. The van der Waals surface area contributed by atoms with E-state index in [0.717, 1.165) is 24.2 Å². The lowest BCUT2D eigenvalue weighted by Gasteiger charge is -2.29. The summed E-state index contributed by atoms with van der Waals surface area (Å²) in [5, 5.41) is 0. The number of allylic oxidation sites excluding steroid dienone is 1. The summed E-state index contributed by atoms with van der Waals surface area (Å²) < 4.78 is 4.74. The summed E-state index contributed by atoms with van der Waals surface area (Å²) in [7, 11) is 1.68. The zero-order chi connectivity index (χ0) is 23.1. The Kier molecular flexibility index (Phi) is 5.24. The van der Waals surface area contributed by atoms with E-state index in [1.54, 1.807) is 7.05 Å². The molecule has 1 aliphatic heterocycles. The van der Waals surface area contributed by atoms with Gasteiger partial charge in [0.2, 0.25) is 5.95 Å². The van der Waals surface area contributed by atoms with Crippen molar-refractivity contribution in [1.29, 1.82) is 0 Å². The third-order valence-corrected chi connectivity index (χ3v) is 6.13. The summed E-state index contributed by atoms with van der Waals surface area (Å²) in [5.74, 6) is 0.714. The molecule has 0 aliphatic carbocycles. The van der Waals surface area contributed by atoms with Crippen molar-refractivity contribution in [2.45, 2.75) is 33.4 Å². The highest BCUT2D eigenvalue weighted by atomic mass is 16.2. The number of anilines is 2. The fraction of sp³-hybridized carbons (Fsp3) is 0.269. The maximum atomic E-state index is 13.5. The molecule has 7 nitrogen and oxygen atoms in total. The fourth-order valence-corrected chi connectivity index (χ4v) is 4.64. The molecular weight excluding hydrogens is 414 g/mol. The minimum atomic E-state index is -0.362. The molecule has 0 bridgehead atoms. The molecule has 168 valence electrons. The van der Waals surface area contributed by atoms with Gasteiger partial charge in [-0.3, -0.25) is 13.9 Å². The Hall–Kier alpha value is -3.87. The molecule has 4 aromatic rings. The van der Waals surface area contributed by atoms with Crippen LogP contribution < -0.4 is 16.1 Å². The highest BCUT2D eigenvalue weighted by Crippen LogP contribution is 2.32. The van der Waals surface area contributed by atoms with Crippen LogP contribution in [0.15, 0.2) is 64.2 Å². The lowest BCUT2D eigenvalue weighted by atomic mass is 10.1. The molecule has 0 atom stereocenters. The molecule has 2 aromatic heterocycles. The van der Waals surface area contributed by atoms with Crippen molar-refractivity contribution in [2.75, 3.05) is 11.4 Å². The van der Waals surface area contributed by atoms with Crippen molar-refractivity contribution < 1.29 is 0 Å². The van der Waals surface area contributed by atoms with E-state index >= 15 is 0 Å². The van der Waals surface area contributed by atoms with Crippen LogP contribution in [0.1, 0.15) is 23.1 Å². The highest BCUT2D eigenvalue weighted by Gasteiger charge is 2.27. The molecule has 1 aliphatic rings. The van der Waals surface area contributed by atoms with Gasteiger partial charge in [0.15, 0.2) is 11.2 Å². The summed E-state index contributed by atoms with van der Waals surface area (Å²) in [4.78, 5) is 33.4. The van der Waals surface area contributed by atoms with Crippen molar-refractivity contribution in [1.82, 2.24) is 18.7 Å². The van der Waals surface area contributed by atoms with Crippen molar-refractivity contribution in [2.24, 2.45) is 7.05 Å². The molecule has 33 heavy (non-hydrogen) atoms. The molecule has 0 fully saturated rings. The average molecular weight is 442 g/mol. The van der Waals surface area contributed by atoms with E-state index < -0.39 is 0 Å². The smallest absolute Gasteiger partial charge is 0.312 e. The van der Waals surface area contributed by atoms with Gasteiger partial charge in [-0.05, 0) is 49.1 Å². The van der Waals surface area contributed by atoms with Gasteiger partial charge in [0, 0.05) is 32.4 Å². The summed E-state index contributed by atoms with van der Waals surface area (Å²) in [6.07, 6.45) is 4.66. The number of fused-ring (bicyclic) bond motifs is 3. The number of imidazole rings is 1. The van der Waals surface area contributed by atoms with Gasteiger partial charge >= 0.3 is 5.69 Å². The van der Waals surface area contributed by atoms with Gasteiger partial charge in [-0.15, -0.1) is 0 Å². The van der Waals surface area contributed by atoms with Crippen molar-refractivity contribution in [3.8, 4) is 0 Å². The second kappa shape index (κ2) is 8.24. The Morgan fingerprint density at radius 2 is 1.73 bits per heavy atom. The van der Waals surface area contributed by atoms with Crippen LogP contribution in [0.3, 0.4) is 0 Å². The van der Waals surface area contributed by atoms with Gasteiger partial charge < -0.3 is 9.47 Å². The van der Waals surface area contributed by atoms with E-state index in [0.29, 0.717) is 23.7 Å². The molecule has 0 saturated heterocycles. The molecule has 2 aromatic carbocycles. The molecule has 3 heterocycles. The van der Waals surface area contributed by atoms with E-state index in [1.165, 1.54) is 20.3 Å². The number of nitrogens with zero attached hydrogens (tertiary/aromatic N) is 5. The lowest BCUT2D eigenvalue weighted by molar-refractivity contribution is 0.598. The maximum Gasteiger partial charge on any atom is 0.332 e. The second-order valence-electron chi connectivity index (χ2n) is 8.66. The first kappa shape index (κ1) is 21.0. The van der Waals surface area contributed by atoms with Crippen LogP contribution in [0.25, 0.3) is 17.2 Å². The van der Waals surface area contributed by atoms with Crippen LogP contribution in [-0.2, 0) is 20.1 Å². The van der Waals surface area contributed by atoms with Gasteiger partial charge in [-0.1, -0.05) is 48.6 Å². The molecule has 0 radical (unpaired) electrons. The van der Waals surface area contributed by atoms with E-state index in [9.17, 15) is 9.59 Å². The number of aromatic nitrogens is 4. The molecule has 0 amide bonds. The number of aryl methyl sites for hydroxylation is 4. The molecular formula is C26H27N5O2. The second-order valence-corrected chi connectivity index (χ2v) is 8.66. The van der Waals surface area contributed by atoms with Gasteiger partial charge in [-0.2, -0.15) is 4.98 Å². The first-order valence-corrected chi connectivity index (χ1v) is 11.2. The highest BCUT2D eigenvalue weighted by molar-refractivity contribution is 5.77. The van der Waals surface area contributed by atoms with Crippen LogP contribution in [0, 0.1) is 13.8 Å².